The summed E-state index contributed by atoms with van der Waals surface area (Å²) in [6.07, 6.45) is 1.00. The van der Waals surface area contributed by atoms with Gasteiger partial charge in [-0.25, -0.2) is 14.9 Å². The maximum Gasteiger partial charge on any atom is 0.253 e. The Morgan fingerprint density at radius 1 is 0.929 bits per heavy atom. The molecule has 3 heterocycles. The summed E-state index contributed by atoms with van der Waals surface area (Å²) in [5.41, 5.74) is 2.75. The standard InChI is InChI=1S/C22H23N3O3/c1-14-5-3-6-16(13-14)25-21(26)18-19(15-7-9-17(28-2)10-8-15)23-11-4-12-24(23)20(18)22(25)27/h3,5-10,13,18-20H,4,11-12H2,1-2H3. The largest absolute Gasteiger partial charge is 0.497 e. The van der Waals surface area contributed by atoms with Gasteiger partial charge >= 0.3 is 0 Å². The number of hydrazine groups is 1. The molecule has 0 N–H and O–H groups in total. The molecule has 3 unspecified atom stereocenters. The van der Waals surface area contributed by atoms with Crippen LogP contribution in [-0.2, 0) is 9.59 Å². The number of ether oxygens (including phenoxy) is 1. The Kier molecular flexibility index (Phi) is 4.00. The van der Waals surface area contributed by atoms with Crippen LogP contribution in [0.1, 0.15) is 23.6 Å². The first-order chi connectivity index (χ1) is 13.6. The van der Waals surface area contributed by atoms with Gasteiger partial charge in [-0.05, 0) is 48.7 Å². The number of carbonyl (C=O) groups is 2. The highest BCUT2D eigenvalue weighted by atomic mass is 16.5. The zero-order valence-electron chi connectivity index (χ0n) is 16.0. The highest BCUT2D eigenvalue weighted by Gasteiger charge is 2.62. The van der Waals surface area contributed by atoms with Crippen LogP contribution in [0.3, 0.4) is 0 Å². The van der Waals surface area contributed by atoms with Crippen molar-refractivity contribution in [2.75, 3.05) is 25.1 Å². The van der Waals surface area contributed by atoms with Crippen molar-refractivity contribution in [3.05, 3.63) is 59.7 Å². The lowest BCUT2D eigenvalue weighted by Crippen LogP contribution is -2.44. The Balaban J connectivity index is 1.56. The van der Waals surface area contributed by atoms with E-state index in [0.717, 1.165) is 36.4 Å². The first-order valence-electron chi connectivity index (χ1n) is 9.72. The summed E-state index contributed by atoms with van der Waals surface area (Å²) < 4.78 is 5.28. The summed E-state index contributed by atoms with van der Waals surface area (Å²) in [5.74, 6) is 0.188. The highest BCUT2D eigenvalue weighted by molar-refractivity contribution is 6.24. The number of benzene rings is 2. The van der Waals surface area contributed by atoms with Gasteiger partial charge in [0, 0.05) is 13.1 Å². The molecule has 3 fully saturated rings. The van der Waals surface area contributed by atoms with E-state index in [0.29, 0.717) is 5.69 Å². The smallest absolute Gasteiger partial charge is 0.253 e. The van der Waals surface area contributed by atoms with E-state index in [-0.39, 0.29) is 23.8 Å². The molecular formula is C22H23N3O3. The van der Waals surface area contributed by atoms with Crippen molar-refractivity contribution >= 4 is 17.5 Å². The number of aryl methyl sites for hydroxylation is 1. The van der Waals surface area contributed by atoms with Crippen molar-refractivity contribution in [3.8, 4) is 5.75 Å². The minimum atomic E-state index is -0.414. The minimum Gasteiger partial charge on any atom is -0.497 e. The molecule has 0 spiro atoms. The second-order valence-corrected chi connectivity index (χ2v) is 7.72. The summed E-state index contributed by atoms with van der Waals surface area (Å²) in [5, 5.41) is 4.34. The van der Waals surface area contributed by atoms with Gasteiger partial charge in [-0.3, -0.25) is 9.59 Å². The molecule has 3 atom stereocenters. The van der Waals surface area contributed by atoms with Gasteiger partial charge in [-0.1, -0.05) is 24.3 Å². The van der Waals surface area contributed by atoms with Crippen molar-refractivity contribution in [2.45, 2.75) is 25.4 Å². The lowest BCUT2D eigenvalue weighted by molar-refractivity contribution is -0.126. The van der Waals surface area contributed by atoms with Crippen molar-refractivity contribution in [1.82, 2.24) is 10.0 Å². The van der Waals surface area contributed by atoms with E-state index >= 15 is 0 Å². The van der Waals surface area contributed by atoms with Gasteiger partial charge in [0.05, 0.1) is 24.8 Å². The molecule has 144 valence electrons. The van der Waals surface area contributed by atoms with Gasteiger partial charge in [0.15, 0.2) is 0 Å². The molecule has 0 aromatic heterocycles. The maximum absolute atomic E-state index is 13.5. The Morgan fingerprint density at radius 2 is 1.64 bits per heavy atom. The number of methoxy groups -OCH3 is 1. The molecule has 0 aliphatic carbocycles. The van der Waals surface area contributed by atoms with Crippen LogP contribution in [0, 0.1) is 12.8 Å². The highest BCUT2D eigenvalue weighted by Crippen LogP contribution is 2.49. The molecule has 6 nitrogen and oxygen atoms in total. The number of nitrogens with zero attached hydrogens (tertiary/aromatic N) is 3. The van der Waals surface area contributed by atoms with E-state index < -0.39 is 6.04 Å². The third-order valence-corrected chi connectivity index (χ3v) is 6.12. The van der Waals surface area contributed by atoms with E-state index in [2.05, 4.69) is 10.0 Å². The number of fused-ring (bicyclic) bond motifs is 3. The fraction of sp³-hybridized carbons (Fsp3) is 0.364. The molecule has 0 bridgehead atoms. The number of carbonyl (C=O) groups excluding carboxylic acids is 2. The SMILES string of the molecule is COc1ccc(C2C3C(=O)N(c4cccc(C)c4)C(=O)C3N3CCCN23)cc1. The fourth-order valence-electron chi connectivity index (χ4n) is 4.94. The van der Waals surface area contributed by atoms with Crippen molar-refractivity contribution in [3.63, 3.8) is 0 Å². The van der Waals surface area contributed by atoms with Crippen LogP contribution in [0.4, 0.5) is 5.69 Å². The number of imide groups is 1. The predicted octanol–water partition coefficient (Wildman–Crippen LogP) is 2.54. The van der Waals surface area contributed by atoms with Crippen LogP contribution in [0.15, 0.2) is 48.5 Å². The van der Waals surface area contributed by atoms with Gasteiger partial charge in [-0.15, -0.1) is 0 Å². The van der Waals surface area contributed by atoms with Crippen LogP contribution in [0.2, 0.25) is 0 Å². The summed E-state index contributed by atoms with van der Waals surface area (Å²) in [4.78, 5) is 28.2. The lowest BCUT2D eigenvalue weighted by atomic mass is 9.90. The third-order valence-electron chi connectivity index (χ3n) is 6.12. The lowest BCUT2D eigenvalue weighted by Gasteiger charge is -2.29. The number of anilines is 1. The average Bonchev–Trinajstić information content (AvgIpc) is 3.34. The average molecular weight is 377 g/mol. The van der Waals surface area contributed by atoms with Crippen LogP contribution < -0.4 is 9.64 Å². The molecule has 3 saturated heterocycles. The summed E-state index contributed by atoms with van der Waals surface area (Å²) in [6, 6.07) is 14.9. The van der Waals surface area contributed by atoms with E-state index in [1.807, 2.05) is 55.5 Å². The van der Waals surface area contributed by atoms with Crippen molar-refractivity contribution in [1.29, 1.82) is 0 Å². The minimum absolute atomic E-state index is 0.101. The zero-order valence-corrected chi connectivity index (χ0v) is 16.0. The molecule has 5 rings (SSSR count). The van der Waals surface area contributed by atoms with Crippen LogP contribution >= 0.6 is 0 Å². The van der Waals surface area contributed by atoms with Crippen molar-refractivity contribution in [2.24, 2.45) is 5.92 Å². The Bertz CT molecular complexity index is 942. The summed E-state index contributed by atoms with van der Waals surface area (Å²) in [7, 11) is 1.64. The molecule has 3 aliphatic heterocycles. The van der Waals surface area contributed by atoms with Gasteiger partial charge in [-0.2, -0.15) is 0 Å². The molecule has 0 radical (unpaired) electrons. The molecule has 28 heavy (non-hydrogen) atoms. The van der Waals surface area contributed by atoms with Gasteiger partial charge in [0.2, 0.25) is 5.91 Å². The van der Waals surface area contributed by atoms with E-state index in [1.165, 1.54) is 4.90 Å². The number of rotatable bonds is 3. The van der Waals surface area contributed by atoms with E-state index in [1.54, 1.807) is 7.11 Å². The molecule has 6 heteroatoms. The molecule has 2 aromatic rings. The van der Waals surface area contributed by atoms with Gasteiger partial charge < -0.3 is 4.74 Å². The molecule has 2 aromatic carbocycles. The normalized spacial score (nSPS) is 27.4. The van der Waals surface area contributed by atoms with Crippen LogP contribution in [-0.4, -0.2) is 48.1 Å². The Hall–Kier alpha value is -2.70. The first kappa shape index (κ1) is 17.4. The van der Waals surface area contributed by atoms with Gasteiger partial charge in [0.1, 0.15) is 11.8 Å². The summed E-state index contributed by atoms with van der Waals surface area (Å²) >= 11 is 0. The zero-order chi connectivity index (χ0) is 19.4. The van der Waals surface area contributed by atoms with E-state index in [4.69, 9.17) is 4.74 Å². The second-order valence-electron chi connectivity index (χ2n) is 7.72. The quantitative estimate of drug-likeness (QED) is 0.770. The van der Waals surface area contributed by atoms with E-state index in [9.17, 15) is 9.59 Å². The molecule has 3 aliphatic rings. The first-order valence-corrected chi connectivity index (χ1v) is 9.72. The fourth-order valence-corrected chi connectivity index (χ4v) is 4.94. The number of hydrogen-bond acceptors (Lipinski definition) is 5. The van der Waals surface area contributed by atoms with Crippen molar-refractivity contribution < 1.29 is 14.3 Å². The number of amides is 2. The maximum atomic E-state index is 13.5. The monoisotopic (exact) mass is 377 g/mol. The van der Waals surface area contributed by atoms with Gasteiger partial charge in [0.25, 0.3) is 5.91 Å². The van der Waals surface area contributed by atoms with Crippen LogP contribution in [0.25, 0.3) is 0 Å². The second kappa shape index (κ2) is 6.43. The summed E-state index contributed by atoms with van der Waals surface area (Å²) in [6.45, 7) is 3.65. The molecule has 2 amide bonds. The molecule has 0 saturated carbocycles. The molecular weight excluding hydrogens is 354 g/mol. The number of hydrogen-bond donors (Lipinski definition) is 0. The van der Waals surface area contributed by atoms with Crippen LogP contribution in [0.5, 0.6) is 5.75 Å². The third kappa shape index (κ3) is 2.41. The Labute approximate surface area is 164 Å². The predicted molar refractivity (Wildman–Crippen MR) is 105 cm³/mol. The topological polar surface area (TPSA) is 53.1 Å². The Morgan fingerprint density at radius 3 is 2.32 bits per heavy atom.